The predicted octanol–water partition coefficient (Wildman–Crippen LogP) is 0.962. The monoisotopic (exact) mass is 178 g/mol. The van der Waals surface area contributed by atoms with Gasteiger partial charge >= 0.3 is 5.97 Å². The maximum atomic E-state index is 10.4. The molecule has 0 amide bonds. The van der Waals surface area contributed by atoms with Crippen LogP contribution in [0.25, 0.3) is 0 Å². The number of hydrogen-bond acceptors (Lipinski definition) is 3. The standard InChI is InChI=1S/C7H14O3S/c1-4(8)5(2)11-6(3)7(9)10/h4-6,8H,1-3H3,(H,9,10). The van der Waals surface area contributed by atoms with Gasteiger partial charge in [0.05, 0.1) is 11.4 Å². The smallest absolute Gasteiger partial charge is 0.316 e. The molecule has 3 unspecified atom stereocenters. The van der Waals surface area contributed by atoms with Crippen LogP contribution >= 0.6 is 11.8 Å². The van der Waals surface area contributed by atoms with Gasteiger partial charge in [0.1, 0.15) is 0 Å². The molecule has 2 N–H and O–H groups in total. The third-order valence-electron chi connectivity index (χ3n) is 1.45. The molecule has 0 radical (unpaired) electrons. The zero-order chi connectivity index (χ0) is 9.02. The van der Waals surface area contributed by atoms with Gasteiger partial charge < -0.3 is 10.2 Å². The van der Waals surface area contributed by atoms with Crippen LogP contribution in [0.2, 0.25) is 0 Å². The van der Waals surface area contributed by atoms with Gasteiger partial charge in [-0.05, 0) is 13.8 Å². The predicted molar refractivity (Wildman–Crippen MR) is 45.8 cm³/mol. The van der Waals surface area contributed by atoms with Gasteiger partial charge in [-0.25, -0.2) is 0 Å². The van der Waals surface area contributed by atoms with Gasteiger partial charge in [-0.3, -0.25) is 4.79 Å². The minimum Gasteiger partial charge on any atom is -0.480 e. The maximum Gasteiger partial charge on any atom is 0.316 e. The van der Waals surface area contributed by atoms with Crippen LogP contribution in [-0.2, 0) is 4.79 Å². The highest BCUT2D eigenvalue weighted by atomic mass is 32.2. The van der Waals surface area contributed by atoms with Crippen LogP contribution in [0, 0.1) is 0 Å². The van der Waals surface area contributed by atoms with Crippen molar-refractivity contribution < 1.29 is 15.0 Å². The Kier molecular flexibility index (Phi) is 4.52. The summed E-state index contributed by atoms with van der Waals surface area (Å²) in [6.45, 7) is 5.09. The Hall–Kier alpha value is -0.220. The zero-order valence-corrected chi connectivity index (χ0v) is 7.76. The fourth-order valence-electron chi connectivity index (χ4n) is 0.494. The number of thioether (sulfide) groups is 1. The van der Waals surface area contributed by atoms with Gasteiger partial charge in [0.25, 0.3) is 0 Å². The molecule has 0 aliphatic heterocycles. The van der Waals surface area contributed by atoms with E-state index >= 15 is 0 Å². The molecule has 0 saturated carbocycles. The number of rotatable bonds is 4. The molecule has 4 heteroatoms. The summed E-state index contributed by atoms with van der Waals surface area (Å²) in [5.41, 5.74) is 0. The molecule has 3 atom stereocenters. The summed E-state index contributed by atoms with van der Waals surface area (Å²) in [5.74, 6) is -0.831. The third kappa shape index (κ3) is 4.27. The Balaban J connectivity index is 3.75. The quantitative estimate of drug-likeness (QED) is 0.673. The average molecular weight is 178 g/mol. The molecule has 0 spiro atoms. The number of carbonyl (C=O) groups is 1. The molecule has 0 aliphatic rings. The normalized spacial score (nSPS) is 18.9. The van der Waals surface area contributed by atoms with Crippen molar-refractivity contribution in [2.45, 2.75) is 37.4 Å². The number of hydrogen-bond donors (Lipinski definition) is 2. The highest BCUT2D eigenvalue weighted by molar-refractivity contribution is 8.01. The van der Waals surface area contributed by atoms with E-state index in [0.717, 1.165) is 0 Å². The van der Waals surface area contributed by atoms with Crippen LogP contribution in [0.15, 0.2) is 0 Å². The first-order valence-corrected chi connectivity index (χ1v) is 4.45. The number of aliphatic hydroxyl groups excluding tert-OH is 1. The Labute approximate surface area is 70.8 Å². The first-order chi connectivity index (χ1) is 4.95. The number of carboxylic acids is 1. The van der Waals surface area contributed by atoms with Crippen molar-refractivity contribution in [3.05, 3.63) is 0 Å². The number of aliphatic hydroxyl groups is 1. The Morgan fingerprint density at radius 3 is 2.09 bits per heavy atom. The largest absolute Gasteiger partial charge is 0.480 e. The lowest BCUT2D eigenvalue weighted by Gasteiger charge is -2.16. The van der Waals surface area contributed by atoms with Crippen LogP contribution in [-0.4, -0.2) is 32.8 Å². The molecule has 0 bridgehead atoms. The molecule has 0 saturated heterocycles. The Morgan fingerprint density at radius 2 is 1.82 bits per heavy atom. The maximum absolute atomic E-state index is 10.4. The van der Waals surface area contributed by atoms with Crippen molar-refractivity contribution in [1.82, 2.24) is 0 Å². The van der Waals surface area contributed by atoms with E-state index in [9.17, 15) is 4.79 Å². The van der Waals surface area contributed by atoms with Crippen LogP contribution in [0.4, 0.5) is 0 Å². The summed E-state index contributed by atoms with van der Waals surface area (Å²) in [6.07, 6.45) is -0.457. The Bertz CT molecular complexity index is 136. The highest BCUT2D eigenvalue weighted by Gasteiger charge is 2.18. The minimum atomic E-state index is -0.831. The SMILES string of the molecule is CC(SC(C)C(C)O)C(=O)O. The van der Waals surface area contributed by atoms with Crippen molar-refractivity contribution in [2.24, 2.45) is 0 Å². The van der Waals surface area contributed by atoms with Gasteiger partial charge in [0, 0.05) is 5.25 Å². The van der Waals surface area contributed by atoms with Crippen molar-refractivity contribution in [3.8, 4) is 0 Å². The third-order valence-corrected chi connectivity index (χ3v) is 2.88. The number of carboxylic acid groups (broad SMARTS) is 1. The molecule has 11 heavy (non-hydrogen) atoms. The summed E-state index contributed by atoms with van der Waals surface area (Å²) in [7, 11) is 0. The summed E-state index contributed by atoms with van der Waals surface area (Å²) in [6, 6.07) is 0. The van der Waals surface area contributed by atoms with Crippen LogP contribution in [0.1, 0.15) is 20.8 Å². The molecule has 3 nitrogen and oxygen atoms in total. The van der Waals surface area contributed by atoms with Gasteiger partial charge in [-0.1, -0.05) is 6.92 Å². The van der Waals surface area contributed by atoms with E-state index in [0.29, 0.717) is 0 Å². The van der Waals surface area contributed by atoms with E-state index < -0.39 is 17.3 Å². The first-order valence-electron chi connectivity index (χ1n) is 3.51. The van der Waals surface area contributed by atoms with Crippen molar-refractivity contribution >= 4 is 17.7 Å². The molecule has 0 fully saturated rings. The van der Waals surface area contributed by atoms with Gasteiger partial charge in [0.2, 0.25) is 0 Å². The highest BCUT2D eigenvalue weighted by Crippen LogP contribution is 2.19. The second-order valence-electron chi connectivity index (χ2n) is 2.56. The van der Waals surface area contributed by atoms with E-state index in [1.165, 1.54) is 11.8 Å². The van der Waals surface area contributed by atoms with Crippen LogP contribution in [0.5, 0.6) is 0 Å². The summed E-state index contributed by atoms with van der Waals surface area (Å²) >= 11 is 1.27. The molecule has 0 aromatic rings. The lowest BCUT2D eigenvalue weighted by atomic mass is 10.3. The van der Waals surface area contributed by atoms with E-state index in [1.54, 1.807) is 13.8 Å². The first kappa shape index (κ1) is 10.8. The lowest BCUT2D eigenvalue weighted by molar-refractivity contribution is -0.136. The lowest BCUT2D eigenvalue weighted by Crippen LogP contribution is -2.22. The van der Waals surface area contributed by atoms with E-state index in [-0.39, 0.29) is 5.25 Å². The minimum absolute atomic E-state index is 0.0268. The molecule has 0 aromatic heterocycles. The van der Waals surface area contributed by atoms with E-state index in [1.807, 2.05) is 6.92 Å². The van der Waals surface area contributed by atoms with Crippen molar-refractivity contribution in [2.75, 3.05) is 0 Å². The topological polar surface area (TPSA) is 57.5 Å². The molecular weight excluding hydrogens is 164 g/mol. The van der Waals surface area contributed by atoms with E-state index in [2.05, 4.69) is 0 Å². The van der Waals surface area contributed by atoms with E-state index in [4.69, 9.17) is 10.2 Å². The summed E-state index contributed by atoms with van der Waals surface area (Å²) < 4.78 is 0. The van der Waals surface area contributed by atoms with Gasteiger partial charge in [0.15, 0.2) is 0 Å². The fraction of sp³-hybridized carbons (Fsp3) is 0.857. The average Bonchev–Trinajstić information content (AvgIpc) is 1.87. The fourth-order valence-corrected chi connectivity index (χ4v) is 1.48. The van der Waals surface area contributed by atoms with Gasteiger partial charge in [-0.15, -0.1) is 11.8 Å². The second-order valence-corrected chi connectivity index (χ2v) is 4.29. The van der Waals surface area contributed by atoms with Gasteiger partial charge in [-0.2, -0.15) is 0 Å². The molecule has 66 valence electrons. The molecule has 0 aliphatic carbocycles. The zero-order valence-electron chi connectivity index (χ0n) is 6.94. The Morgan fingerprint density at radius 1 is 1.36 bits per heavy atom. The van der Waals surface area contributed by atoms with Crippen molar-refractivity contribution in [1.29, 1.82) is 0 Å². The molecule has 0 aromatic carbocycles. The second kappa shape index (κ2) is 4.62. The van der Waals surface area contributed by atoms with Crippen LogP contribution < -0.4 is 0 Å². The number of aliphatic carboxylic acids is 1. The molecular formula is C7H14O3S. The van der Waals surface area contributed by atoms with Crippen LogP contribution in [0.3, 0.4) is 0 Å². The summed E-state index contributed by atoms with van der Waals surface area (Å²) in [4.78, 5) is 10.4. The molecule has 0 heterocycles. The molecule has 0 rings (SSSR count). The van der Waals surface area contributed by atoms with Crippen molar-refractivity contribution in [3.63, 3.8) is 0 Å². The summed E-state index contributed by atoms with van der Waals surface area (Å²) in [5, 5.41) is 17.1.